The molecule has 2 N–H and O–H groups in total. The highest BCUT2D eigenvalue weighted by Gasteiger charge is 2.32. The van der Waals surface area contributed by atoms with Gasteiger partial charge in [-0.15, -0.1) is 0 Å². The van der Waals surface area contributed by atoms with Crippen molar-refractivity contribution < 1.29 is 10.2 Å². The van der Waals surface area contributed by atoms with E-state index in [4.69, 9.17) is 10.2 Å². The summed E-state index contributed by atoms with van der Waals surface area (Å²) in [6.07, 6.45) is 0. The number of benzene rings is 1. The minimum atomic E-state index is -0.711. The first-order chi connectivity index (χ1) is 7.69. The molecule has 0 radical (unpaired) electrons. The summed E-state index contributed by atoms with van der Waals surface area (Å²) in [5, 5.41) is 18.2. The summed E-state index contributed by atoms with van der Waals surface area (Å²) < 4.78 is 0. The van der Waals surface area contributed by atoms with Crippen LogP contribution in [0.3, 0.4) is 0 Å². The largest absolute Gasteiger partial charge is 0.390 e. The Morgan fingerprint density at radius 2 is 1.50 bits per heavy atom. The lowest BCUT2D eigenvalue weighted by Gasteiger charge is -2.17. The molecule has 1 aliphatic rings. The highest BCUT2D eigenvalue weighted by Crippen LogP contribution is 2.31. The van der Waals surface area contributed by atoms with E-state index in [1.54, 1.807) is 0 Å². The van der Waals surface area contributed by atoms with Crippen LogP contribution in [0.25, 0.3) is 0 Å². The molecule has 4 nitrogen and oxygen atoms in total. The molecule has 0 saturated carbocycles. The summed E-state index contributed by atoms with van der Waals surface area (Å²) in [7, 11) is 0. The van der Waals surface area contributed by atoms with Gasteiger partial charge in [0.1, 0.15) is 0 Å². The summed E-state index contributed by atoms with van der Waals surface area (Å²) >= 11 is 0. The van der Waals surface area contributed by atoms with Crippen LogP contribution in [-0.4, -0.2) is 34.9 Å². The van der Waals surface area contributed by atoms with E-state index in [0.29, 0.717) is 11.4 Å². The number of hydrogen-bond acceptors (Lipinski definition) is 4. The number of hydrogen-bond donors (Lipinski definition) is 2. The van der Waals surface area contributed by atoms with Crippen LogP contribution in [0.4, 0.5) is 0 Å². The average molecular weight is 218 g/mol. The van der Waals surface area contributed by atoms with Crippen molar-refractivity contribution in [3.63, 3.8) is 0 Å². The van der Waals surface area contributed by atoms with Crippen LogP contribution in [0.2, 0.25) is 0 Å². The fourth-order valence-corrected chi connectivity index (χ4v) is 1.82. The van der Waals surface area contributed by atoms with Gasteiger partial charge in [0.15, 0.2) is 5.66 Å². The first kappa shape index (κ1) is 11.0. The third-order valence-corrected chi connectivity index (χ3v) is 2.66. The van der Waals surface area contributed by atoms with Gasteiger partial charge in [0.05, 0.1) is 24.6 Å². The van der Waals surface area contributed by atoms with Crippen molar-refractivity contribution in [2.24, 2.45) is 9.98 Å². The van der Waals surface area contributed by atoms with Gasteiger partial charge in [-0.3, -0.25) is 9.98 Å². The summed E-state index contributed by atoms with van der Waals surface area (Å²) in [6.45, 7) is 1.48. The SMILES string of the molecule is CC1(c2ccccc2)N=C(CO)C(CO)=N1. The number of rotatable bonds is 3. The zero-order chi connectivity index (χ0) is 11.6. The first-order valence-corrected chi connectivity index (χ1v) is 5.14. The van der Waals surface area contributed by atoms with Gasteiger partial charge in [0, 0.05) is 5.56 Å². The third-order valence-electron chi connectivity index (χ3n) is 2.66. The molecule has 0 atom stereocenters. The molecule has 0 spiro atoms. The predicted octanol–water partition coefficient (Wildman–Crippen LogP) is 0.740. The van der Waals surface area contributed by atoms with Crippen molar-refractivity contribution >= 4 is 11.4 Å². The van der Waals surface area contributed by atoms with Gasteiger partial charge < -0.3 is 10.2 Å². The van der Waals surface area contributed by atoms with Gasteiger partial charge in [0.2, 0.25) is 0 Å². The van der Waals surface area contributed by atoms with E-state index in [2.05, 4.69) is 9.98 Å². The van der Waals surface area contributed by atoms with Crippen molar-refractivity contribution in [2.75, 3.05) is 13.2 Å². The van der Waals surface area contributed by atoms with Crippen LogP contribution in [0, 0.1) is 0 Å². The number of aliphatic hydroxyl groups is 2. The number of nitrogens with zero attached hydrogens (tertiary/aromatic N) is 2. The molecule has 1 aliphatic heterocycles. The normalized spacial score (nSPS) is 18.2. The van der Waals surface area contributed by atoms with Crippen molar-refractivity contribution in [2.45, 2.75) is 12.6 Å². The fraction of sp³-hybridized carbons (Fsp3) is 0.333. The third kappa shape index (κ3) is 1.77. The Bertz CT molecular complexity index is 418. The van der Waals surface area contributed by atoms with Crippen molar-refractivity contribution in [3.8, 4) is 0 Å². The van der Waals surface area contributed by atoms with Gasteiger partial charge in [-0.1, -0.05) is 30.3 Å². The molecule has 0 saturated heterocycles. The molecular weight excluding hydrogens is 204 g/mol. The molecular formula is C12H14N2O2. The Morgan fingerprint density at radius 1 is 1.00 bits per heavy atom. The molecule has 2 rings (SSSR count). The Kier molecular flexibility index (Phi) is 2.85. The maximum Gasteiger partial charge on any atom is 0.173 e. The predicted molar refractivity (Wildman–Crippen MR) is 62.8 cm³/mol. The van der Waals surface area contributed by atoms with Crippen LogP contribution < -0.4 is 0 Å². The van der Waals surface area contributed by atoms with Gasteiger partial charge >= 0.3 is 0 Å². The zero-order valence-corrected chi connectivity index (χ0v) is 9.09. The molecule has 4 heteroatoms. The Labute approximate surface area is 94.0 Å². The second-order valence-electron chi connectivity index (χ2n) is 3.82. The highest BCUT2D eigenvalue weighted by atomic mass is 16.3. The molecule has 0 bridgehead atoms. The molecule has 1 aromatic carbocycles. The first-order valence-electron chi connectivity index (χ1n) is 5.14. The Balaban J connectivity index is 2.43. The molecule has 0 fully saturated rings. The molecule has 0 unspecified atom stereocenters. The minimum Gasteiger partial charge on any atom is -0.390 e. The van der Waals surface area contributed by atoms with E-state index in [0.717, 1.165) is 5.56 Å². The lowest BCUT2D eigenvalue weighted by Crippen LogP contribution is -2.18. The molecule has 1 aromatic rings. The van der Waals surface area contributed by atoms with Gasteiger partial charge in [0.25, 0.3) is 0 Å². The minimum absolute atomic E-state index is 0.193. The Morgan fingerprint density at radius 3 is 1.94 bits per heavy atom. The molecule has 84 valence electrons. The maximum absolute atomic E-state index is 9.12. The highest BCUT2D eigenvalue weighted by molar-refractivity contribution is 6.44. The van der Waals surface area contributed by atoms with Crippen LogP contribution in [0.5, 0.6) is 0 Å². The molecule has 0 amide bonds. The quantitative estimate of drug-likeness (QED) is 0.785. The van der Waals surface area contributed by atoms with E-state index in [1.807, 2.05) is 37.3 Å². The molecule has 16 heavy (non-hydrogen) atoms. The number of aliphatic hydroxyl groups excluding tert-OH is 2. The maximum atomic E-state index is 9.12. The van der Waals surface area contributed by atoms with Gasteiger partial charge in [-0.05, 0) is 6.92 Å². The van der Waals surface area contributed by atoms with Gasteiger partial charge in [-0.2, -0.15) is 0 Å². The second kappa shape index (κ2) is 4.15. The van der Waals surface area contributed by atoms with E-state index >= 15 is 0 Å². The standard InChI is InChI=1S/C12H14N2O2/c1-12(9-5-3-2-4-6-9)13-10(7-15)11(8-16)14-12/h2-6,15-16H,7-8H2,1H3. The van der Waals surface area contributed by atoms with Crippen LogP contribution >= 0.6 is 0 Å². The van der Waals surface area contributed by atoms with Crippen LogP contribution in [-0.2, 0) is 5.66 Å². The fourth-order valence-electron chi connectivity index (χ4n) is 1.82. The summed E-state index contributed by atoms with van der Waals surface area (Å²) in [6, 6.07) is 9.63. The van der Waals surface area contributed by atoms with Crippen molar-refractivity contribution in [1.82, 2.24) is 0 Å². The lowest BCUT2D eigenvalue weighted by atomic mass is 10.0. The van der Waals surface area contributed by atoms with Crippen LogP contribution in [0.1, 0.15) is 12.5 Å². The van der Waals surface area contributed by atoms with E-state index in [9.17, 15) is 0 Å². The Hall–Kier alpha value is -1.52. The average Bonchev–Trinajstić information content (AvgIpc) is 2.68. The smallest absolute Gasteiger partial charge is 0.173 e. The lowest BCUT2D eigenvalue weighted by molar-refractivity contribution is 0.350. The number of aliphatic imine (C=N–C) groups is 2. The van der Waals surface area contributed by atoms with E-state index in [-0.39, 0.29) is 13.2 Å². The molecule has 1 heterocycles. The van der Waals surface area contributed by atoms with Crippen LogP contribution in [0.15, 0.2) is 40.3 Å². The summed E-state index contributed by atoms with van der Waals surface area (Å²) in [5.41, 5.74) is 1.17. The van der Waals surface area contributed by atoms with Gasteiger partial charge in [-0.25, -0.2) is 0 Å². The zero-order valence-electron chi connectivity index (χ0n) is 9.09. The van der Waals surface area contributed by atoms with Crippen molar-refractivity contribution in [3.05, 3.63) is 35.9 Å². The monoisotopic (exact) mass is 218 g/mol. The summed E-state index contributed by atoms with van der Waals surface area (Å²) in [4.78, 5) is 8.73. The molecule has 0 aromatic heterocycles. The van der Waals surface area contributed by atoms with Crippen molar-refractivity contribution in [1.29, 1.82) is 0 Å². The van der Waals surface area contributed by atoms with E-state index < -0.39 is 5.66 Å². The second-order valence-corrected chi connectivity index (χ2v) is 3.82. The molecule has 0 aliphatic carbocycles. The van der Waals surface area contributed by atoms with E-state index in [1.165, 1.54) is 0 Å². The summed E-state index contributed by atoms with van der Waals surface area (Å²) in [5.74, 6) is 0. The topological polar surface area (TPSA) is 65.2 Å².